The predicted molar refractivity (Wildman–Crippen MR) is 110 cm³/mol. The molecule has 0 unspecified atom stereocenters. The standard InChI is InChI=1S/C16H24F2N4S.HI/c1-19-16(20-6-3-11-23-2)22-9-7-21(8-10-22)15-12-13(17)4-5-14(15)18;/h4-5,12H,3,6-11H2,1-2H3,(H,19,20);1H. The minimum absolute atomic E-state index is 0. The molecule has 0 saturated carbocycles. The number of guanidine groups is 1. The van der Waals surface area contributed by atoms with Crippen molar-refractivity contribution >= 4 is 47.4 Å². The summed E-state index contributed by atoms with van der Waals surface area (Å²) in [6, 6.07) is 3.60. The lowest BCUT2D eigenvalue weighted by atomic mass is 10.2. The molecule has 1 N–H and O–H groups in total. The fourth-order valence-corrected chi connectivity index (χ4v) is 3.07. The maximum absolute atomic E-state index is 13.9. The number of anilines is 1. The van der Waals surface area contributed by atoms with Gasteiger partial charge in [0.2, 0.25) is 0 Å². The van der Waals surface area contributed by atoms with Gasteiger partial charge in [0, 0.05) is 45.8 Å². The van der Waals surface area contributed by atoms with Crippen LogP contribution in [0, 0.1) is 11.6 Å². The van der Waals surface area contributed by atoms with Crippen LogP contribution in [0.5, 0.6) is 0 Å². The molecule has 8 heteroatoms. The first kappa shape index (κ1) is 21.3. The number of hydrogen-bond acceptors (Lipinski definition) is 3. The molecule has 1 aromatic rings. The van der Waals surface area contributed by atoms with Gasteiger partial charge in [0.15, 0.2) is 5.96 Å². The maximum atomic E-state index is 13.9. The van der Waals surface area contributed by atoms with E-state index in [0.29, 0.717) is 18.8 Å². The molecule has 2 rings (SSSR count). The molecule has 0 spiro atoms. The zero-order valence-electron chi connectivity index (χ0n) is 14.1. The Bertz CT molecular complexity index is 537. The van der Waals surface area contributed by atoms with Gasteiger partial charge < -0.3 is 15.1 Å². The summed E-state index contributed by atoms with van der Waals surface area (Å²) in [6.07, 6.45) is 3.19. The topological polar surface area (TPSA) is 30.9 Å². The Balaban J connectivity index is 0.00000288. The number of thioether (sulfide) groups is 1. The largest absolute Gasteiger partial charge is 0.366 e. The molecule has 24 heavy (non-hydrogen) atoms. The van der Waals surface area contributed by atoms with Gasteiger partial charge in [-0.25, -0.2) is 8.78 Å². The Kier molecular flexibility index (Phi) is 9.72. The third-order valence-electron chi connectivity index (χ3n) is 3.85. The average Bonchev–Trinajstić information content (AvgIpc) is 2.57. The minimum Gasteiger partial charge on any atom is -0.366 e. The average molecular weight is 470 g/mol. The van der Waals surface area contributed by atoms with E-state index in [0.717, 1.165) is 43.8 Å². The van der Waals surface area contributed by atoms with Crippen LogP contribution >= 0.6 is 35.7 Å². The highest BCUT2D eigenvalue weighted by atomic mass is 127. The van der Waals surface area contributed by atoms with Crippen LogP contribution in [0.2, 0.25) is 0 Å². The van der Waals surface area contributed by atoms with Crippen molar-refractivity contribution in [3.05, 3.63) is 29.8 Å². The van der Waals surface area contributed by atoms with Gasteiger partial charge in [-0.1, -0.05) is 0 Å². The van der Waals surface area contributed by atoms with Crippen molar-refractivity contribution < 1.29 is 8.78 Å². The number of piperazine rings is 1. The molecule has 0 atom stereocenters. The summed E-state index contributed by atoms with van der Waals surface area (Å²) < 4.78 is 27.2. The molecule has 1 aliphatic heterocycles. The summed E-state index contributed by atoms with van der Waals surface area (Å²) in [4.78, 5) is 8.36. The molecule has 1 saturated heterocycles. The lowest BCUT2D eigenvalue weighted by Crippen LogP contribution is -2.52. The van der Waals surface area contributed by atoms with Crippen molar-refractivity contribution in [1.29, 1.82) is 0 Å². The Morgan fingerprint density at radius 2 is 1.96 bits per heavy atom. The van der Waals surface area contributed by atoms with E-state index >= 15 is 0 Å². The van der Waals surface area contributed by atoms with Crippen molar-refractivity contribution in [1.82, 2.24) is 10.2 Å². The van der Waals surface area contributed by atoms with Gasteiger partial charge in [0.25, 0.3) is 0 Å². The molecule has 1 heterocycles. The molecule has 136 valence electrons. The van der Waals surface area contributed by atoms with E-state index in [1.165, 1.54) is 12.1 Å². The smallest absolute Gasteiger partial charge is 0.193 e. The highest BCUT2D eigenvalue weighted by Gasteiger charge is 2.21. The van der Waals surface area contributed by atoms with Crippen LogP contribution in [0.3, 0.4) is 0 Å². The highest BCUT2D eigenvalue weighted by Crippen LogP contribution is 2.21. The van der Waals surface area contributed by atoms with Gasteiger partial charge in [-0.15, -0.1) is 24.0 Å². The summed E-state index contributed by atoms with van der Waals surface area (Å²) >= 11 is 1.83. The second-order valence-electron chi connectivity index (χ2n) is 5.39. The molecule has 1 aromatic carbocycles. The SMILES string of the molecule is CN=C(NCCCSC)N1CCN(c2cc(F)ccc2F)CC1.I. The quantitative estimate of drug-likeness (QED) is 0.310. The molecule has 0 aromatic heterocycles. The summed E-state index contributed by atoms with van der Waals surface area (Å²) in [5.41, 5.74) is 0.340. The van der Waals surface area contributed by atoms with E-state index in [4.69, 9.17) is 0 Å². The Morgan fingerprint density at radius 3 is 2.58 bits per heavy atom. The monoisotopic (exact) mass is 470 g/mol. The van der Waals surface area contributed by atoms with E-state index in [2.05, 4.69) is 21.5 Å². The first-order chi connectivity index (χ1) is 11.2. The fraction of sp³-hybridized carbons (Fsp3) is 0.562. The first-order valence-electron chi connectivity index (χ1n) is 7.80. The molecule has 1 aliphatic rings. The highest BCUT2D eigenvalue weighted by molar-refractivity contribution is 14.0. The van der Waals surface area contributed by atoms with Crippen molar-refractivity contribution in [2.24, 2.45) is 4.99 Å². The van der Waals surface area contributed by atoms with Gasteiger partial charge in [-0.05, 0) is 30.6 Å². The summed E-state index contributed by atoms with van der Waals surface area (Å²) in [5.74, 6) is 1.22. The number of halogens is 3. The van der Waals surface area contributed by atoms with Gasteiger partial charge >= 0.3 is 0 Å². The fourth-order valence-electron chi connectivity index (χ4n) is 2.64. The molecular formula is C16H25F2IN4S. The summed E-state index contributed by atoms with van der Waals surface area (Å²) in [7, 11) is 1.77. The van der Waals surface area contributed by atoms with Gasteiger partial charge in [0.05, 0.1) is 5.69 Å². The molecule has 4 nitrogen and oxygen atoms in total. The number of nitrogens with one attached hydrogen (secondary N) is 1. The lowest BCUT2D eigenvalue weighted by molar-refractivity contribution is 0.370. The van der Waals surface area contributed by atoms with E-state index in [1.807, 2.05) is 16.7 Å². The zero-order valence-corrected chi connectivity index (χ0v) is 17.2. The summed E-state index contributed by atoms with van der Waals surface area (Å²) in [5, 5.41) is 3.36. The van der Waals surface area contributed by atoms with E-state index < -0.39 is 5.82 Å². The minimum atomic E-state index is -0.407. The molecular weight excluding hydrogens is 445 g/mol. The second-order valence-corrected chi connectivity index (χ2v) is 6.38. The van der Waals surface area contributed by atoms with Crippen LogP contribution < -0.4 is 10.2 Å². The number of hydrogen-bond donors (Lipinski definition) is 1. The van der Waals surface area contributed by atoms with Gasteiger partial charge in [-0.3, -0.25) is 4.99 Å². The Hall–Kier alpha value is -0.770. The molecule has 1 fully saturated rings. The van der Waals surface area contributed by atoms with Crippen LogP contribution in [-0.2, 0) is 0 Å². The van der Waals surface area contributed by atoms with Crippen LogP contribution in [-0.4, -0.2) is 62.6 Å². The predicted octanol–water partition coefficient (Wildman–Crippen LogP) is 3.03. The van der Waals surface area contributed by atoms with Crippen LogP contribution in [0.25, 0.3) is 0 Å². The van der Waals surface area contributed by atoms with Crippen LogP contribution in [0.15, 0.2) is 23.2 Å². The van der Waals surface area contributed by atoms with Gasteiger partial charge in [0.1, 0.15) is 11.6 Å². The maximum Gasteiger partial charge on any atom is 0.193 e. The van der Waals surface area contributed by atoms with E-state index in [-0.39, 0.29) is 29.8 Å². The Labute approximate surface area is 164 Å². The molecule has 0 aliphatic carbocycles. The molecule has 0 bridgehead atoms. The van der Waals surface area contributed by atoms with Gasteiger partial charge in [-0.2, -0.15) is 11.8 Å². The summed E-state index contributed by atoms with van der Waals surface area (Å²) in [6.45, 7) is 3.65. The normalized spacial score (nSPS) is 15.2. The zero-order chi connectivity index (χ0) is 16.7. The van der Waals surface area contributed by atoms with Crippen molar-refractivity contribution in [2.75, 3.05) is 56.7 Å². The van der Waals surface area contributed by atoms with E-state index in [1.54, 1.807) is 7.05 Å². The number of nitrogens with zero attached hydrogens (tertiary/aromatic N) is 3. The van der Waals surface area contributed by atoms with E-state index in [9.17, 15) is 8.78 Å². The van der Waals surface area contributed by atoms with Crippen molar-refractivity contribution in [3.63, 3.8) is 0 Å². The first-order valence-corrected chi connectivity index (χ1v) is 9.19. The van der Waals surface area contributed by atoms with Crippen molar-refractivity contribution in [3.8, 4) is 0 Å². The number of benzene rings is 1. The lowest BCUT2D eigenvalue weighted by Gasteiger charge is -2.37. The van der Waals surface area contributed by atoms with Crippen LogP contribution in [0.4, 0.5) is 14.5 Å². The Morgan fingerprint density at radius 1 is 1.25 bits per heavy atom. The molecule has 0 radical (unpaired) electrons. The molecule has 0 amide bonds. The third-order valence-corrected chi connectivity index (χ3v) is 4.55. The number of aliphatic imine (C=N–C) groups is 1. The third kappa shape index (κ3) is 5.94. The number of rotatable bonds is 5. The van der Waals surface area contributed by atoms with Crippen molar-refractivity contribution in [2.45, 2.75) is 6.42 Å². The second kappa shape index (κ2) is 11.0. The van der Waals surface area contributed by atoms with Crippen LogP contribution in [0.1, 0.15) is 6.42 Å².